The van der Waals surface area contributed by atoms with E-state index in [1.807, 2.05) is 20.8 Å². The highest BCUT2D eigenvalue weighted by molar-refractivity contribution is 5.82. The molecule has 0 aliphatic carbocycles. The average molecular weight is 227 g/mol. The van der Waals surface area contributed by atoms with Crippen molar-refractivity contribution in [2.24, 2.45) is 5.41 Å². The first-order chi connectivity index (χ1) is 7.32. The molecule has 1 heterocycles. The maximum atomic E-state index is 12.1. The van der Waals surface area contributed by atoms with E-state index in [-0.39, 0.29) is 18.4 Å². The Morgan fingerprint density at radius 3 is 2.44 bits per heavy atom. The number of piperidine rings is 1. The summed E-state index contributed by atoms with van der Waals surface area (Å²) in [5, 5.41) is 8.83. The first-order valence-electron chi connectivity index (χ1n) is 5.85. The topological polar surface area (TPSA) is 57.6 Å². The van der Waals surface area contributed by atoms with E-state index in [9.17, 15) is 9.59 Å². The molecule has 0 spiro atoms. The molecule has 1 atom stereocenters. The molecule has 1 fully saturated rings. The third kappa shape index (κ3) is 3.22. The van der Waals surface area contributed by atoms with Crippen molar-refractivity contribution in [1.29, 1.82) is 0 Å². The van der Waals surface area contributed by atoms with Crippen LogP contribution in [0.25, 0.3) is 0 Å². The molecule has 92 valence electrons. The van der Waals surface area contributed by atoms with Gasteiger partial charge < -0.3 is 10.0 Å². The molecular formula is C12H21NO3. The molecule has 4 heteroatoms. The second-order valence-corrected chi connectivity index (χ2v) is 5.50. The van der Waals surface area contributed by atoms with Crippen molar-refractivity contribution in [1.82, 2.24) is 4.90 Å². The second-order valence-electron chi connectivity index (χ2n) is 5.50. The highest BCUT2D eigenvalue weighted by Crippen LogP contribution is 2.26. The largest absolute Gasteiger partial charge is 0.481 e. The van der Waals surface area contributed by atoms with Crippen molar-refractivity contribution in [3.05, 3.63) is 0 Å². The molecular weight excluding hydrogens is 206 g/mol. The predicted molar refractivity (Wildman–Crippen MR) is 61.1 cm³/mol. The molecule has 1 aliphatic rings. The maximum Gasteiger partial charge on any atom is 0.305 e. The Kier molecular flexibility index (Phi) is 3.94. The van der Waals surface area contributed by atoms with E-state index in [0.29, 0.717) is 6.54 Å². The molecule has 4 nitrogen and oxygen atoms in total. The number of aliphatic carboxylic acids is 1. The zero-order valence-corrected chi connectivity index (χ0v) is 10.3. The number of likely N-dealkylation sites (tertiary alicyclic amines) is 1. The second kappa shape index (κ2) is 4.85. The molecule has 1 amide bonds. The molecule has 0 aromatic rings. The normalized spacial score (nSPS) is 21.9. The summed E-state index contributed by atoms with van der Waals surface area (Å²) >= 11 is 0. The molecule has 0 bridgehead atoms. The van der Waals surface area contributed by atoms with E-state index in [1.54, 1.807) is 4.90 Å². The average Bonchev–Trinajstić information content (AvgIpc) is 2.15. The van der Waals surface area contributed by atoms with Gasteiger partial charge in [0.15, 0.2) is 0 Å². The third-order valence-electron chi connectivity index (χ3n) is 2.94. The van der Waals surface area contributed by atoms with Crippen LogP contribution >= 0.6 is 0 Å². The number of amides is 1. The quantitative estimate of drug-likeness (QED) is 0.783. The van der Waals surface area contributed by atoms with Gasteiger partial charge in [-0.05, 0) is 19.3 Å². The van der Waals surface area contributed by atoms with E-state index in [1.165, 1.54) is 0 Å². The van der Waals surface area contributed by atoms with Crippen LogP contribution in [0.4, 0.5) is 0 Å². The molecule has 0 aromatic carbocycles. The van der Waals surface area contributed by atoms with Gasteiger partial charge in [-0.25, -0.2) is 0 Å². The lowest BCUT2D eigenvalue weighted by Gasteiger charge is -2.38. The Labute approximate surface area is 96.6 Å². The molecule has 0 aromatic heterocycles. The molecule has 0 saturated carbocycles. The van der Waals surface area contributed by atoms with Crippen LogP contribution < -0.4 is 0 Å². The van der Waals surface area contributed by atoms with Gasteiger partial charge in [0.25, 0.3) is 0 Å². The standard InChI is InChI=1S/C12H21NO3/c1-12(2,3)11(16)13-7-5-4-6-9(13)8-10(14)15/h9H,4-8H2,1-3H3,(H,14,15). The zero-order chi connectivity index (χ0) is 12.3. The van der Waals surface area contributed by atoms with Crippen molar-refractivity contribution in [2.75, 3.05) is 6.54 Å². The van der Waals surface area contributed by atoms with Gasteiger partial charge in [-0.1, -0.05) is 20.8 Å². The van der Waals surface area contributed by atoms with Crippen LogP contribution in [0.15, 0.2) is 0 Å². The minimum Gasteiger partial charge on any atom is -0.481 e. The van der Waals surface area contributed by atoms with Crippen molar-refractivity contribution >= 4 is 11.9 Å². The molecule has 1 unspecified atom stereocenters. The number of carboxylic acids is 1. The molecule has 1 aliphatic heterocycles. The van der Waals surface area contributed by atoms with Gasteiger partial charge in [0.05, 0.1) is 6.42 Å². The SMILES string of the molecule is CC(C)(C)C(=O)N1CCCCC1CC(=O)O. The minimum atomic E-state index is -0.821. The first kappa shape index (κ1) is 13.0. The summed E-state index contributed by atoms with van der Waals surface area (Å²) in [4.78, 5) is 24.7. The van der Waals surface area contributed by atoms with E-state index in [2.05, 4.69) is 0 Å². The Morgan fingerprint density at radius 1 is 1.31 bits per heavy atom. The fraction of sp³-hybridized carbons (Fsp3) is 0.833. The van der Waals surface area contributed by atoms with Gasteiger partial charge in [0.1, 0.15) is 0 Å². The fourth-order valence-corrected chi connectivity index (χ4v) is 2.11. The van der Waals surface area contributed by atoms with Crippen LogP contribution in [-0.2, 0) is 9.59 Å². The summed E-state index contributed by atoms with van der Waals surface area (Å²) in [6.45, 7) is 6.33. The minimum absolute atomic E-state index is 0.0680. The van der Waals surface area contributed by atoms with Crippen molar-refractivity contribution in [2.45, 2.75) is 52.5 Å². The number of carboxylic acid groups (broad SMARTS) is 1. The van der Waals surface area contributed by atoms with Crippen LogP contribution in [0.5, 0.6) is 0 Å². The Hall–Kier alpha value is -1.06. The van der Waals surface area contributed by atoms with Crippen molar-refractivity contribution in [3.63, 3.8) is 0 Å². The van der Waals surface area contributed by atoms with Gasteiger partial charge in [-0.2, -0.15) is 0 Å². The molecule has 1 rings (SSSR count). The van der Waals surface area contributed by atoms with E-state index in [4.69, 9.17) is 5.11 Å². The highest BCUT2D eigenvalue weighted by atomic mass is 16.4. The number of carbonyl (C=O) groups is 2. The molecule has 0 radical (unpaired) electrons. The van der Waals surface area contributed by atoms with Crippen LogP contribution in [0, 0.1) is 5.41 Å². The molecule has 16 heavy (non-hydrogen) atoms. The van der Waals surface area contributed by atoms with Crippen LogP contribution in [-0.4, -0.2) is 34.5 Å². The number of rotatable bonds is 2. The third-order valence-corrected chi connectivity index (χ3v) is 2.94. The lowest BCUT2D eigenvalue weighted by atomic mass is 9.90. The number of nitrogens with zero attached hydrogens (tertiary/aromatic N) is 1. The smallest absolute Gasteiger partial charge is 0.305 e. The lowest BCUT2D eigenvalue weighted by molar-refractivity contribution is -0.146. The number of carbonyl (C=O) groups excluding carboxylic acids is 1. The fourth-order valence-electron chi connectivity index (χ4n) is 2.11. The Balaban J connectivity index is 2.74. The summed E-state index contributed by atoms with van der Waals surface area (Å²) < 4.78 is 0. The van der Waals surface area contributed by atoms with Crippen molar-refractivity contribution in [3.8, 4) is 0 Å². The zero-order valence-electron chi connectivity index (χ0n) is 10.3. The van der Waals surface area contributed by atoms with E-state index >= 15 is 0 Å². The van der Waals surface area contributed by atoms with Gasteiger partial charge in [-0.15, -0.1) is 0 Å². The van der Waals surface area contributed by atoms with Crippen LogP contribution in [0.2, 0.25) is 0 Å². The van der Waals surface area contributed by atoms with Gasteiger partial charge in [-0.3, -0.25) is 9.59 Å². The summed E-state index contributed by atoms with van der Waals surface area (Å²) in [6.07, 6.45) is 2.89. The maximum absolute atomic E-state index is 12.1. The van der Waals surface area contributed by atoms with E-state index < -0.39 is 11.4 Å². The Bertz CT molecular complexity index is 280. The number of hydrogen-bond donors (Lipinski definition) is 1. The van der Waals surface area contributed by atoms with Gasteiger partial charge in [0.2, 0.25) is 5.91 Å². The summed E-state index contributed by atoms with van der Waals surface area (Å²) in [6, 6.07) is -0.113. The van der Waals surface area contributed by atoms with Gasteiger partial charge >= 0.3 is 5.97 Å². The van der Waals surface area contributed by atoms with Gasteiger partial charge in [0, 0.05) is 18.0 Å². The number of hydrogen-bond acceptors (Lipinski definition) is 2. The highest BCUT2D eigenvalue weighted by Gasteiger charge is 2.34. The summed E-state index contributed by atoms with van der Waals surface area (Å²) in [7, 11) is 0. The first-order valence-corrected chi connectivity index (χ1v) is 5.85. The van der Waals surface area contributed by atoms with Crippen LogP contribution in [0.3, 0.4) is 0 Å². The Morgan fingerprint density at radius 2 is 1.94 bits per heavy atom. The van der Waals surface area contributed by atoms with Crippen molar-refractivity contribution < 1.29 is 14.7 Å². The lowest BCUT2D eigenvalue weighted by Crippen LogP contribution is -2.49. The molecule has 1 N–H and O–H groups in total. The van der Waals surface area contributed by atoms with E-state index in [0.717, 1.165) is 19.3 Å². The summed E-state index contributed by atoms with van der Waals surface area (Å²) in [5.74, 6) is -0.753. The monoisotopic (exact) mass is 227 g/mol. The predicted octanol–water partition coefficient (Wildman–Crippen LogP) is 1.89. The molecule has 1 saturated heterocycles. The summed E-state index contributed by atoms with van der Waals surface area (Å²) in [5.41, 5.74) is -0.423. The van der Waals surface area contributed by atoms with Crippen LogP contribution in [0.1, 0.15) is 46.5 Å².